The number of pyridine rings is 3. The zero-order valence-corrected chi connectivity index (χ0v) is 24.0. The van der Waals surface area contributed by atoms with E-state index in [1.165, 1.54) is 10.8 Å². The number of hydrogen-bond donors (Lipinski definition) is 3. The minimum atomic E-state index is -4.59. The molecule has 3 amide bonds. The largest absolute Gasteiger partial charge is 0.444 e. The second-order valence-electron chi connectivity index (χ2n) is 10.7. The number of anilines is 3. The van der Waals surface area contributed by atoms with E-state index < -0.39 is 29.6 Å². The number of carbonyl (C=O) groups is 2. The van der Waals surface area contributed by atoms with E-state index in [2.05, 4.69) is 25.9 Å². The van der Waals surface area contributed by atoms with Gasteiger partial charge in [-0.1, -0.05) is 6.07 Å². The maximum absolute atomic E-state index is 13.1. The maximum atomic E-state index is 13.1. The lowest BCUT2D eigenvalue weighted by molar-refractivity contribution is -0.141. The molecule has 43 heavy (non-hydrogen) atoms. The van der Waals surface area contributed by atoms with Crippen molar-refractivity contribution < 1.29 is 27.5 Å². The molecule has 0 radical (unpaired) electrons. The zero-order chi connectivity index (χ0) is 31.5. The maximum Gasteiger partial charge on any atom is 0.433 e. The number of alkyl halides is 3. The lowest BCUT2D eigenvalue weighted by Crippen LogP contribution is -2.27. The van der Waals surface area contributed by atoms with Gasteiger partial charge in [0.05, 0.1) is 11.9 Å². The fourth-order valence-electron chi connectivity index (χ4n) is 4.08. The summed E-state index contributed by atoms with van der Waals surface area (Å²) in [6.07, 6.45) is -1.22. The topological polar surface area (TPSA) is 127 Å². The lowest BCUT2D eigenvalue weighted by atomic mass is 9.98. The SMILES string of the molecule is Cc1ccc(NC(=O)Nc2ccc(C(F)(F)F)nc2)cc1-c1cc(-c2ccnc(NC(=O)OC(C)(C)C)c2)c(=O)n(C)c1. The second kappa shape index (κ2) is 12.0. The quantitative estimate of drug-likeness (QED) is 0.233. The van der Waals surface area contributed by atoms with E-state index in [9.17, 15) is 27.6 Å². The van der Waals surface area contributed by atoms with E-state index in [1.54, 1.807) is 70.4 Å². The van der Waals surface area contributed by atoms with Gasteiger partial charge in [-0.05, 0) is 92.4 Å². The smallest absolute Gasteiger partial charge is 0.433 e. The fraction of sp³-hybridized carbons (Fsp3) is 0.233. The van der Waals surface area contributed by atoms with E-state index in [0.717, 1.165) is 23.9 Å². The van der Waals surface area contributed by atoms with Crippen LogP contribution in [0.15, 0.2) is 71.9 Å². The van der Waals surface area contributed by atoms with Crippen LogP contribution in [0, 0.1) is 6.92 Å². The molecule has 10 nitrogen and oxygen atoms in total. The zero-order valence-electron chi connectivity index (χ0n) is 24.0. The normalized spacial score (nSPS) is 11.5. The van der Waals surface area contributed by atoms with Crippen molar-refractivity contribution >= 4 is 29.3 Å². The Kier molecular flexibility index (Phi) is 8.55. The summed E-state index contributed by atoms with van der Waals surface area (Å²) < 4.78 is 45.0. The van der Waals surface area contributed by atoms with Crippen LogP contribution in [-0.4, -0.2) is 32.3 Å². The molecule has 0 aliphatic carbocycles. The molecule has 0 aliphatic heterocycles. The molecular formula is C30H29F3N6O4. The first-order valence-corrected chi connectivity index (χ1v) is 13.0. The number of aryl methyl sites for hydroxylation is 2. The Morgan fingerprint density at radius 2 is 1.56 bits per heavy atom. The highest BCUT2D eigenvalue weighted by molar-refractivity contribution is 6.00. The van der Waals surface area contributed by atoms with Crippen LogP contribution in [0.25, 0.3) is 22.3 Å². The number of aromatic nitrogens is 3. The Bertz CT molecular complexity index is 1730. The standard InChI is InChI=1S/C30H29F3N6O4/c1-17-6-7-20(36-27(41)37-21-8-9-24(35-15-21)30(31,32)33)14-22(17)19-12-23(26(40)39(5)16-19)18-10-11-34-25(13-18)38-28(42)43-29(2,3)4/h6-16H,1-5H3,(H,34,38,42)(H2,36,37,41). The van der Waals surface area contributed by atoms with Crippen molar-refractivity contribution in [2.75, 3.05) is 16.0 Å². The predicted octanol–water partition coefficient (Wildman–Crippen LogP) is 6.83. The Labute approximate surface area is 245 Å². The van der Waals surface area contributed by atoms with Crippen LogP contribution in [0.1, 0.15) is 32.0 Å². The van der Waals surface area contributed by atoms with Crippen LogP contribution < -0.4 is 21.5 Å². The monoisotopic (exact) mass is 594 g/mol. The van der Waals surface area contributed by atoms with E-state index in [1.807, 2.05) is 6.92 Å². The summed E-state index contributed by atoms with van der Waals surface area (Å²) in [6.45, 7) is 7.08. The van der Waals surface area contributed by atoms with Crippen LogP contribution in [0.5, 0.6) is 0 Å². The third-order valence-corrected chi connectivity index (χ3v) is 6.00. The first-order valence-electron chi connectivity index (χ1n) is 13.0. The van der Waals surface area contributed by atoms with Crippen LogP contribution in [-0.2, 0) is 18.0 Å². The summed E-state index contributed by atoms with van der Waals surface area (Å²) >= 11 is 0. The number of amides is 3. The lowest BCUT2D eigenvalue weighted by Gasteiger charge is -2.19. The summed E-state index contributed by atoms with van der Waals surface area (Å²) in [5.41, 5.74) is 1.53. The molecule has 1 aromatic carbocycles. The van der Waals surface area contributed by atoms with Gasteiger partial charge in [0.25, 0.3) is 5.56 Å². The number of hydrogen-bond acceptors (Lipinski definition) is 6. The van der Waals surface area contributed by atoms with Crippen LogP contribution in [0.2, 0.25) is 0 Å². The number of carbonyl (C=O) groups excluding carboxylic acids is 2. The van der Waals surface area contributed by atoms with Crippen molar-refractivity contribution in [1.29, 1.82) is 0 Å². The number of nitrogens with one attached hydrogen (secondary N) is 3. The van der Waals surface area contributed by atoms with Crippen LogP contribution in [0.3, 0.4) is 0 Å². The van der Waals surface area contributed by atoms with Gasteiger partial charge < -0.3 is 19.9 Å². The number of ether oxygens (including phenoxy) is 1. The third-order valence-electron chi connectivity index (χ3n) is 6.00. The average Bonchev–Trinajstić information content (AvgIpc) is 2.90. The molecule has 0 bridgehead atoms. The van der Waals surface area contributed by atoms with Gasteiger partial charge in [-0.2, -0.15) is 13.2 Å². The molecule has 0 saturated carbocycles. The van der Waals surface area contributed by atoms with Gasteiger partial charge in [0.2, 0.25) is 0 Å². The van der Waals surface area contributed by atoms with Crippen molar-refractivity contribution in [1.82, 2.24) is 14.5 Å². The Morgan fingerprint density at radius 1 is 0.860 bits per heavy atom. The highest BCUT2D eigenvalue weighted by Crippen LogP contribution is 2.30. The highest BCUT2D eigenvalue weighted by Gasteiger charge is 2.32. The highest BCUT2D eigenvalue weighted by atomic mass is 19.4. The first-order chi connectivity index (χ1) is 20.1. The molecule has 0 unspecified atom stereocenters. The molecule has 13 heteroatoms. The van der Waals surface area contributed by atoms with Gasteiger partial charge in [-0.3, -0.25) is 10.1 Å². The summed E-state index contributed by atoms with van der Waals surface area (Å²) in [5.74, 6) is 0.204. The molecule has 224 valence electrons. The predicted molar refractivity (Wildman–Crippen MR) is 157 cm³/mol. The Morgan fingerprint density at radius 3 is 2.21 bits per heavy atom. The molecule has 3 aromatic heterocycles. The van der Waals surface area contributed by atoms with Gasteiger partial charge >= 0.3 is 18.3 Å². The van der Waals surface area contributed by atoms with Crippen molar-refractivity contribution in [3.05, 3.63) is 88.7 Å². The molecule has 0 atom stereocenters. The Balaban J connectivity index is 1.58. The van der Waals surface area contributed by atoms with E-state index in [0.29, 0.717) is 27.9 Å². The van der Waals surface area contributed by atoms with Crippen molar-refractivity contribution in [2.45, 2.75) is 39.5 Å². The molecule has 0 fully saturated rings. The number of rotatable bonds is 5. The van der Waals surface area contributed by atoms with Crippen LogP contribution >= 0.6 is 0 Å². The number of halogens is 3. The second-order valence-corrected chi connectivity index (χ2v) is 10.7. The summed E-state index contributed by atoms with van der Waals surface area (Å²) in [4.78, 5) is 45.4. The van der Waals surface area contributed by atoms with Crippen molar-refractivity contribution in [3.63, 3.8) is 0 Å². The molecule has 0 spiro atoms. The molecule has 4 aromatic rings. The summed E-state index contributed by atoms with van der Waals surface area (Å²) in [7, 11) is 1.61. The number of benzene rings is 1. The summed E-state index contributed by atoms with van der Waals surface area (Å²) in [6, 6.07) is 11.3. The first kappa shape index (κ1) is 30.8. The number of urea groups is 1. The molecule has 0 aliphatic rings. The van der Waals surface area contributed by atoms with Gasteiger partial charge in [0, 0.05) is 30.7 Å². The fourth-order valence-corrected chi connectivity index (χ4v) is 4.08. The van der Waals surface area contributed by atoms with E-state index in [-0.39, 0.29) is 17.1 Å². The average molecular weight is 595 g/mol. The van der Waals surface area contributed by atoms with Gasteiger partial charge in [0.15, 0.2) is 0 Å². The van der Waals surface area contributed by atoms with E-state index in [4.69, 9.17) is 4.74 Å². The van der Waals surface area contributed by atoms with Gasteiger partial charge in [-0.15, -0.1) is 0 Å². The number of nitrogens with zero attached hydrogens (tertiary/aromatic N) is 3. The van der Waals surface area contributed by atoms with Crippen molar-refractivity contribution in [2.24, 2.45) is 7.05 Å². The van der Waals surface area contributed by atoms with Gasteiger partial charge in [0.1, 0.15) is 17.1 Å². The molecule has 3 heterocycles. The molecule has 0 saturated heterocycles. The minimum Gasteiger partial charge on any atom is -0.444 e. The third kappa shape index (κ3) is 7.97. The molecule has 3 N–H and O–H groups in total. The van der Waals surface area contributed by atoms with Crippen LogP contribution in [0.4, 0.5) is 40.0 Å². The van der Waals surface area contributed by atoms with Gasteiger partial charge in [-0.25, -0.2) is 19.6 Å². The van der Waals surface area contributed by atoms with E-state index >= 15 is 0 Å². The Hall–Kier alpha value is -5.20. The molecule has 4 rings (SSSR count). The molecular weight excluding hydrogens is 565 g/mol. The minimum absolute atomic E-state index is 0.0819. The summed E-state index contributed by atoms with van der Waals surface area (Å²) in [5, 5.41) is 7.68. The van der Waals surface area contributed by atoms with Crippen molar-refractivity contribution in [3.8, 4) is 22.3 Å².